The molecule has 94 valence electrons. The summed E-state index contributed by atoms with van der Waals surface area (Å²) in [5, 5.41) is 2.19. The van der Waals surface area contributed by atoms with Crippen LogP contribution in [0.1, 0.15) is 12.5 Å². The first kappa shape index (κ1) is 12.5. The summed E-state index contributed by atoms with van der Waals surface area (Å²) in [4.78, 5) is 0. The molecular weight excluding hydrogens is 219 g/mol. The van der Waals surface area contributed by atoms with Crippen LogP contribution in [-0.4, -0.2) is 37.4 Å². The number of benzene rings is 1. The zero-order valence-electron chi connectivity index (χ0n) is 10.2. The van der Waals surface area contributed by atoms with Crippen molar-refractivity contribution in [3.8, 4) is 0 Å². The Kier molecular flexibility index (Phi) is 4.48. The van der Waals surface area contributed by atoms with Gasteiger partial charge < -0.3 is 4.74 Å². The van der Waals surface area contributed by atoms with E-state index in [4.69, 9.17) is 4.74 Å². The van der Waals surface area contributed by atoms with E-state index in [1.165, 1.54) is 12.1 Å². The van der Waals surface area contributed by atoms with Gasteiger partial charge in [0.15, 0.2) is 0 Å². The number of halogens is 1. The van der Waals surface area contributed by atoms with Gasteiger partial charge in [0.2, 0.25) is 0 Å². The molecule has 1 fully saturated rings. The summed E-state index contributed by atoms with van der Waals surface area (Å²) in [5.74, 6) is -0.178. The van der Waals surface area contributed by atoms with Gasteiger partial charge in [0.05, 0.1) is 13.2 Å². The van der Waals surface area contributed by atoms with Gasteiger partial charge in [0.1, 0.15) is 5.82 Å². The lowest BCUT2D eigenvalue weighted by Crippen LogP contribution is -2.49. The molecule has 0 aromatic heterocycles. The van der Waals surface area contributed by atoms with Crippen molar-refractivity contribution in [2.45, 2.75) is 19.4 Å². The minimum Gasteiger partial charge on any atom is -0.379 e. The number of rotatable bonds is 4. The van der Waals surface area contributed by atoms with Crippen molar-refractivity contribution in [3.63, 3.8) is 0 Å². The molecule has 4 heteroatoms. The normalized spacial score (nSPS) is 19.2. The average molecular weight is 238 g/mol. The first-order chi connectivity index (χ1) is 8.24. The summed E-state index contributed by atoms with van der Waals surface area (Å²) in [6, 6.07) is 7.05. The van der Waals surface area contributed by atoms with Gasteiger partial charge in [0.25, 0.3) is 0 Å². The van der Waals surface area contributed by atoms with E-state index in [2.05, 4.69) is 17.4 Å². The molecule has 0 radical (unpaired) electrons. The van der Waals surface area contributed by atoms with Crippen molar-refractivity contribution >= 4 is 0 Å². The lowest BCUT2D eigenvalue weighted by atomic mass is 10.1. The molecule has 1 aliphatic heterocycles. The number of nitrogens with one attached hydrogen (secondary N) is 1. The van der Waals surface area contributed by atoms with Gasteiger partial charge in [-0.15, -0.1) is 0 Å². The highest BCUT2D eigenvalue weighted by Gasteiger charge is 2.12. The molecule has 1 aliphatic rings. The molecule has 17 heavy (non-hydrogen) atoms. The van der Waals surface area contributed by atoms with Crippen LogP contribution in [0.2, 0.25) is 0 Å². The predicted molar refractivity (Wildman–Crippen MR) is 65.1 cm³/mol. The Hall–Kier alpha value is -0.970. The van der Waals surface area contributed by atoms with E-state index in [1.807, 2.05) is 12.1 Å². The molecule has 1 atom stereocenters. The van der Waals surface area contributed by atoms with E-state index in [-0.39, 0.29) is 5.82 Å². The van der Waals surface area contributed by atoms with Crippen molar-refractivity contribution in [1.82, 2.24) is 10.4 Å². The molecule has 0 aliphatic carbocycles. The molecule has 1 unspecified atom stereocenters. The Morgan fingerprint density at radius 3 is 2.59 bits per heavy atom. The maximum absolute atomic E-state index is 12.8. The highest BCUT2D eigenvalue weighted by atomic mass is 19.1. The molecule has 1 aromatic carbocycles. The van der Waals surface area contributed by atoms with Crippen LogP contribution < -0.4 is 5.43 Å². The number of morpholine rings is 1. The summed E-state index contributed by atoms with van der Waals surface area (Å²) >= 11 is 0. The molecule has 1 aromatic rings. The van der Waals surface area contributed by atoms with Crippen molar-refractivity contribution in [2.24, 2.45) is 0 Å². The van der Waals surface area contributed by atoms with Gasteiger partial charge in [0, 0.05) is 19.1 Å². The number of nitrogens with zero attached hydrogens (tertiary/aromatic N) is 1. The zero-order valence-corrected chi connectivity index (χ0v) is 10.2. The number of ether oxygens (including phenoxy) is 1. The SMILES string of the molecule is CC(Cc1ccc(F)cc1)NN1CCOCC1. The average Bonchev–Trinajstić information content (AvgIpc) is 2.33. The third-order valence-corrected chi connectivity index (χ3v) is 2.87. The van der Waals surface area contributed by atoms with Crippen LogP contribution in [0.3, 0.4) is 0 Å². The van der Waals surface area contributed by atoms with Crippen LogP contribution in [0.4, 0.5) is 4.39 Å². The van der Waals surface area contributed by atoms with Crippen LogP contribution >= 0.6 is 0 Å². The molecule has 0 bridgehead atoms. The highest BCUT2D eigenvalue weighted by molar-refractivity contribution is 5.16. The molecule has 2 rings (SSSR count). The number of hydrogen-bond donors (Lipinski definition) is 1. The summed E-state index contributed by atoms with van der Waals surface area (Å²) in [6.45, 7) is 5.56. The Labute approximate surface area is 102 Å². The Balaban J connectivity index is 1.79. The van der Waals surface area contributed by atoms with E-state index in [9.17, 15) is 4.39 Å². The number of hydrazine groups is 1. The van der Waals surface area contributed by atoms with Gasteiger partial charge in [-0.3, -0.25) is 5.43 Å². The van der Waals surface area contributed by atoms with Gasteiger partial charge in [-0.2, -0.15) is 0 Å². The van der Waals surface area contributed by atoms with Crippen molar-refractivity contribution in [3.05, 3.63) is 35.6 Å². The zero-order chi connectivity index (χ0) is 12.1. The van der Waals surface area contributed by atoms with E-state index in [1.54, 1.807) is 0 Å². The molecule has 3 nitrogen and oxygen atoms in total. The minimum absolute atomic E-state index is 0.178. The lowest BCUT2D eigenvalue weighted by Gasteiger charge is -2.30. The van der Waals surface area contributed by atoms with Gasteiger partial charge in [-0.25, -0.2) is 9.40 Å². The lowest BCUT2D eigenvalue weighted by molar-refractivity contribution is 0.00511. The van der Waals surface area contributed by atoms with Crippen LogP contribution in [0.15, 0.2) is 24.3 Å². The fourth-order valence-corrected chi connectivity index (χ4v) is 2.02. The highest BCUT2D eigenvalue weighted by Crippen LogP contribution is 2.06. The Morgan fingerprint density at radius 1 is 1.29 bits per heavy atom. The van der Waals surface area contributed by atoms with Gasteiger partial charge in [-0.05, 0) is 31.0 Å². The van der Waals surface area contributed by atoms with Crippen LogP contribution in [-0.2, 0) is 11.2 Å². The molecular formula is C13H19FN2O. The quantitative estimate of drug-likeness (QED) is 0.862. The smallest absolute Gasteiger partial charge is 0.123 e. The topological polar surface area (TPSA) is 24.5 Å². The second-order valence-electron chi connectivity index (χ2n) is 4.46. The molecule has 1 heterocycles. The third kappa shape index (κ3) is 4.07. The molecule has 0 saturated carbocycles. The summed E-state index contributed by atoms with van der Waals surface area (Å²) < 4.78 is 18.0. The molecule has 1 saturated heterocycles. The monoisotopic (exact) mass is 238 g/mol. The first-order valence-corrected chi connectivity index (χ1v) is 6.07. The molecule has 1 N–H and O–H groups in total. The number of hydrogen-bond acceptors (Lipinski definition) is 3. The summed E-state index contributed by atoms with van der Waals surface area (Å²) in [5.41, 5.74) is 4.59. The van der Waals surface area contributed by atoms with Crippen LogP contribution in [0.5, 0.6) is 0 Å². The maximum atomic E-state index is 12.8. The van der Waals surface area contributed by atoms with Gasteiger partial charge in [-0.1, -0.05) is 12.1 Å². The largest absolute Gasteiger partial charge is 0.379 e. The second kappa shape index (κ2) is 6.10. The van der Waals surface area contributed by atoms with Crippen molar-refractivity contribution in [2.75, 3.05) is 26.3 Å². The van der Waals surface area contributed by atoms with Crippen molar-refractivity contribution in [1.29, 1.82) is 0 Å². The minimum atomic E-state index is -0.178. The fourth-order valence-electron chi connectivity index (χ4n) is 2.02. The molecule has 0 spiro atoms. The Morgan fingerprint density at radius 2 is 1.94 bits per heavy atom. The van der Waals surface area contributed by atoms with E-state index < -0.39 is 0 Å². The van der Waals surface area contributed by atoms with E-state index in [0.29, 0.717) is 6.04 Å². The van der Waals surface area contributed by atoms with Crippen LogP contribution in [0.25, 0.3) is 0 Å². The van der Waals surface area contributed by atoms with E-state index in [0.717, 1.165) is 38.3 Å². The summed E-state index contributed by atoms with van der Waals surface area (Å²) in [6.07, 6.45) is 0.900. The fraction of sp³-hybridized carbons (Fsp3) is 0.538. The first-order valence-electron chi connectivity index (χ1n) is 6.07. The van der Waals surface area contributed by atoms with Crippen molar-refractivity contribution < 1.29 is 9.13 Å². The van der Waals surface area contributed by atoms with Gasteiger partial charge >= 0.3 is 0 Å². The standard InChI is InChI=1S/C13H19FN2O/c1-11(15-16-6-8-17-9-7-16)10-12-2-4-13(14)5-3-12/h2-5,11,15H,6-10H2,1H3. The Bertz CT molecular complexity index is 336. The summed E-state index contributed by atoms with van der Waals surface area (Å²) in [7, 11) is 0. The molecule has 0 amide bonds. The van der Waals surface area contributed by atoms with Crippen LogP contribution in [0, 0.1) is 5.82 Å². The van der Waals surface area contributed by atoms with E-state index >= 15 is 0 Å². The maximum Gasteiger partial charge on any atom is 0.123 e. The third-order valence-electron chi connectivity index (χ3n) is 2.87. The second-order valence-corrected chi connectivity index (χ2v) is 4.46. The predicted octanol–water partition coefficient (Wildman–Crippen LogP) is 1.59.